The average Bonchev–Trinajstić information content (AvgIpc) is 2.74. The Hall–Kier alpha value is -2.06. The van der Waals surface area contributed by atoms with E-state index in [1.165, 1.54) is 12.1 Å². The van der Waals surface area contributed by atoms with Crippen LogP contribution in [0.3, 0.4) is 0 Å². The molecule has 1 saturated carbocycles. The van der Waals surface area contributed by atoms with Crippen molar-refractivity contribution < 1.29 is 18.0 Å². The van der Waals surface area contributed by atoms with Gasteiger partial charge in [-0.05, 0) is 76.3 Å². The molecule has 174 valence electrons. The normalized spacial score (nSPS) is 26.7. The quantitative estimate of drug-likeness (QED) is 0.581. The number of nitrogens with one attached hydrogen (secondary N) is 3. The molecule has 4 rings (SSSR count). The number of alkyl halides is 3. The summed E-state index contributed by atoms with van der Waals surface area (Å²) in [5, 5.41) is 10.8. The Kier molecular flexibility index (Phi) is 6.81. The van der Waals surface area contributed by atoms with Crippen LogP contribution in [0.4, 0.5) is 18.9 Å². The smallest absolute Gasteiger partial charge is 0.382 e. The highest BCUT2D eigenvalue weighted by atomic mass is 35.5. The number of benzene rings is 1. The Morgan fingerprint density at radius 1 is 1.12 bits per heavy atom. The Labute approximate surface area is 190 Å². The summed E-state index contributed by atoms with van der Waals surface area (Å²) in [6.45, 7) is 2.95. The molecule has 0 spiro atoms. The molecule has 2 atom stereocenters. The number of hydrogen-bond donors (Lipinski definition) is 3. The third-order valence-corrected chi connectivity index (χ3v) is 6.72. The van der Waals surface area contributed by atoms with E-state index in [9.17, 15) is 18.0 Å². The fourth-order valence-corrected chi connectivity index (χ4v) is 4.93. The van der Waals surface area contributed by atoms with E-state index in [0.717, 1.165) is 51.1 Å². The third kappa shape index (κ3) is 5.46. The van der Waals surface area contributed by atoms with E-state index in [2.05, 4.69) is 27.9 Å². The molecule has 1 amide bonds. The number of piperidine rings is 1. The number of fused-ring (bicyclic) bond motifs is 1. The minimum absolute atomic E-state index is 0.0210. The lowest BCUT2D eigenvalue weighted by Gasteiger charge is -2.33. The molecule has 5 nitrogen and oxygen atoms in total. The summed E-state index contributed by atoms with van der Waals surface area (Å²) in [7, 11) is 0. The van der Waals surface area contributed by atoms with E-state index in [4.69, 9.17) is 11.6 Å². The van der Waals surface area contributed by atoms with Crippen LogP contribution in [-0.4, -0.2) is 35.6 Å². The molecule has 9 heteroatoms. The topological polar surface area (TPSA) is 66.0 Å². The molecule has 1 aliphatic carbocycles. The highest BCUT2D eigenvalue weighted by Gasteiger charge is 2.34. The van der Waals surface area contributed by atoms with Gasteiger partial charge in [-0.2, -0.15) is 13.2 Å². The van der Waals surface area contributed by atoms with E-state index < -0.39 is 11.9 Å². The zero-order chi connectivity index (χ0) is 22.9. The van der Waals surface area contributed by atoms with Crippen molar-refractivity contribution in [3.8, 4) is 0 Å². The Balaban J connectivity index is 1.40. The first-order valence-electron chi connectivity index (χ1n) is 11.2. The summed E-state index contributed by atoms with van der Waals surface area (Å²) < 4.78 is 40.0. The highest BCUT2D eigenvalue weighted by molar-refractivity contribution is 6.31. The summed E-state index contributed by atoms with van der Waals surface area (Å²) in [6, 6.07) is 6.23. The Bertz CT molecular complexity index is 976. The summed E-state index contributed by atoms with van der Waals surface area (Å²) in [5.41, 5.74) is -0.281. The van der Waals surface area contributed by atoms with Gasteiger partial charge in [0.1, 0.15) is 5.69 Å². The van der Waals surface area contributed by atoms with Gasteiger partial charge >= 0.3 is 6.18 Å². The van der Waals surface area contributed by atoms with Crippen molar-refractivity contribution in [2.75, 3.05) is 11.9 Å². The lowest BCUT2D eigenvalue weighted by atomic mass is 9.88. The van der Waals surface area contributed by atoms with E-state index in [1.54, 1.807) is 6.07 Å². The molecule has 32 heavy (non-hydrogen) atoms. The maximum Gasteiger partial charge on any atom is 0.433 e. The Morgan fingerprint density at radius 3 is 2.53 bits per heavy atom. The molecule has 3 N–H and O–H groups in total. The van der Waals surface area contributed by atoms with E-state index in [0.29, 0.717) is 22.1 Å². The van der Waals surface area contributed by atoms with Gasteiger partial charge in [-0.1, -0.05) is 11.6 Å². The van der Waals surface area contributed by atoms with Crippen molar-refractivity contribution in [1.82, 2.24) is 15.6 Å². The largest absolute Gasteiger partial charge is 0.433 e. The number of halogens is 4. The molecule has 2 fully saturated rings. The van der Waals surface area contributed by atoms with Crippen molar-refractivity contribution >= 4 is 34.1 Å². The summed E-state index contributed by atoms with van der Waals surface area (Å²) in [5.74, 6) is 0.176. The fraction of sp³-hybridized carbons (Fsp3) is 0.565. The van der Waals surface area contributed by atoms with Crippen molar-refractivity contribution in [3.63, 3.8) is 0 Å². The van der Waals surface area contributed by atoms with Gasteiger partial charge in [-0.3, -0.25) is 4.79 Å². The fourth-order valence-electron chi connectivity index (χ4n) is 4.75. The molecule has 1 saturated heterocycles. The van der Waals surface area contributed by atoms with Crippen LogP contribution in [0.1, 0.15) is 51.1 Å². The van der Waals surface area contributed by atoms with Crippen molar-refractivity contribution in [2.45, 2.75) is 69.8 Å². The maximum atomic E-state index is 13.3. The van der Waals surface area contributed by atoms with Gasteiger partial charge in [0.15, 0.2) is 0 Å². The Morgan fingerprint density at radius 2 is 1.84 bits per heavy atom. The first kappa shape index (κ1) is 23.1. The molecule has 2 aliphatic rings. The number of anilines is 1. The SMILES string of the molecule is CC1CC(C(=O)NC2CCC(Nc3cc(C(F)(F)F)nc4ccc(Cl)cc34)CC2)CCN1. The zero-order valence-electron chi connectivity index (χ0n) is 17.9. The lowest BCUT2D eigenvalue weighted by Crippen LogP contribution is -2.46. The van der Waals surface area contributed by atoms with Crippen molar-refractivity contribution in [3.05, 3.63) is 35.0 Å². The molecule has 1 aliphatic heterocycles. The van der Waals surface area contributed by atoms with E-state index >= 15 is 0 Å². The monoisotopic (exact) mass is 468 g/mol. The minimum atomic E-state index is -4.53. The summed E-state index contributed by atoms with van der Waals surface area (Å²) in [4.78, 5) is 16.4. The van der Waals surface area contributed by atoms with Gasteiger partial charge in [-0.15, -0.1) is 0 Å². The van der Waals surface area contributed by atoms with Crippen LogP contribution >= 0.6 is 11.6 Å². The van der Waals surface area contributed by atoms with Crippen LogP contribution in [0.5, 0.6) is 0 Å². The van der Waals surface area contributed by atoms with Crippen LogP contribution in [0.25, 0.3) is 10.9 Å². The third-order valence-electron chi connectivity index (χ3n) is 6.49. The zero-order valence-corrected chi connectivity index (χ0v) is 18.7. The second-order valence-electron chi connectivity index (χ2n) is 8.99. The second kappa shape index (κ2) is 9.43. The first-order chi connectivity index (χ1) is 15.2. The number of carbonyl (C=O) groups is 1. The lowest BCUT2D eigenvalue weighted by molar-refractivity contribution is -0.140. The molecule has 1 aromatic heterocycles. The maximum absolute atomic E-state index is 13.3. The number of amides is 1. The van der Waals surface area contributed by atoms with Crippen molar-refractivity contribution in [1.29, 1.82) is 0 Å². The van der Waals surface area contributed by atoms with Gasteiger partial charge in [0.05, 0.1) is 5.52 Å². The first-order valence-corrected chi connectivity index (χ1v) is 11.5. The number of rotatable bonds is 4. The molecule has 2 aromatic rings. The predicted molar refractivity (Wildman–Crippen MR) is 120 cm³/mol. The number of pyridine rings is 1. The van der Waals surface area contributed by atoms with Crippen LogP contribution in [0, 0.1) is 5.92 Å². The van der Waals surface area contributed by atoms with Gasteiger partial charge in [0, 0.05) is 40.1 Å². The van der Waals surface area contributed by atoms with Crippen LogP contribution in [-0.2, 0) is 11.0 Å². The molecule has 0 bridgehead atoms. The number of carbonyl (C=O) groups excluding carboxylic acids is 1. The summed E-state index contributed by atoms with van der Waals surface area (Å²) >= 11 is 6.08. The van der Waals surface area contributed by atoms with Gasteiger partial charge < -0.3 is 16.0 Å². The van der Waals surface area contributed by atoms with Crippen LogP contribution < -0.4 is 16.0 Å². The second-order valence-corrected chi connectivity index (χ2v) is 9.43. The minimum Gasteiger partial charge on any atom is -0.382 e. The van der Waals surface area contributed by atoms with Crippen LogP contribution in [0.2, 0.25) is 5.02 Å². The van der Waals surface area contributed by atoms with Gasteiger partial charge in [0.25, 0.3) is 0 Å². The highest BCUT2D eigenvalue weighted by Crippen LogP contribution is 2.35. The average molecular weight is 469 g/mol. The number of aromatic nitrogens is 1. The predicted octanol–water partition coefficient (Wildman–Crippen LogP) is 5.13. The van der Waals surface area contributed by atoms with Crippen molar-refractivity contribution in [2.24, 2.45) is 5.92 Å². The van der Waals surface area contributed by atoms with Crippen LogP contribution in [0.15, 0.2) is 24.3 Å². The molecule has 2 unspecified atom stereocenters. The van der Waals surface area contributed by atoms with Gasteiger partial charge in [0.2, 0.25) is 5.91 Å². The number of hydrogen-bond acceptors (Lipinski definition) is 4. The molecule has 1 aromatic carbocycles. The standard InChI is InChI=1S/C23H28ClF3N4O/c1-13-10-14(8-9-28-13)22(32)30-17-5-3-16(4-6-17)29-20-12-21(23(25,26)27)31-19-7-2-15(24)11-18(19)20/h2,7,11-14,16-17,28H,3-6,8-10H2,1H3,(H,29,31)(H,30,32). The number of nitrogens with zero attached hydrogens (tertiary/aromatic N) is 1. The molecular formula is C23H28ClF3N4O. The van der Waals surface area contributed by atoms with E-state index in [1.807, 2.05) is 0 Å². The molecule has 2 heterocycles. The molecule has 0 radical (unpaired) electrons. The molecular weight excluding hydrogens is 441 g/mol. The van der Waals surface area contributed by atoms with Gasteiger partial charge in [-0.25, -0.2) is 4.98 Å². The summed E-state index contributed by atoms with van der Waals surface area (Å²) in [6.07, 6.45) is 0.283. The van der Waals surface area contributed by atoms with E-state index in [-0.39, 0.29) is 29.4 Å².